The van der Waals surface area contributed by atoms with Gasteiger partial charge in [0.2, 0.25) is 0 Å². The van der Waals surface area contributed by atoms with E-state index in [0.717, 1.165) is 11.5 Å². The van der Waals surface area contributed by atoms with Gasteiger partial charge in [-0.1, -0.05) is 0 Å². The van der Waals surface area contributed by atoms with Crippen LogP contribution in [0, 0.1) is 6.92 Å². The summed E-state index contributed by atoms with van der Waals surface area (Å²) in [7, 11) is 0. The molecule has 1 aromatic heterocycles. The molecule has 0 fully saturated rings. The monoisotopic (exact) mass is 169 g/mol. The standard InChI is InChI=1S/C9H15NO2/c1-7(6-11)10-5-9-4-3-8(2)12-9/h3-4,7,10-11H,5-6H2,1-2H3. The van der Waals surface area contributed by atoms with Crippen LogP contribution in [-0.4, -0.2) is 17.8 Å². The molecule has 1 rings (SSSR count). The number of rotatable bonds is 4. The molecule has 12 heavy (non-hydrogen) atoms. The topological polar surface area (TPSA) is 45.4 Å². The van der Waals surface area contributed by atoms with Crippen LogP contribution < -0.4 is 5.32 Å². The third-order valence-electron chi connectivity index (χ3n) is 1.69. The second-order valence-corrected chi connectivity index (χ2v) is 2.98. The van der Waals surface area contributed by atoms with E-state index in [0.29, 0.717) is 6.54 Å². The fourth-order valence-corrected chi connectivity index (χ4v) is 0.920. The van der Waals surface area contributed by atoms with Crippen molar-refractivity contribution in [2.45, 2.75) is 26.4 Å². The van der Waals surface area contributed by atoms with Crippen LogP contribution in [0.1, 0.15) is 18.4 Å². The predicted octanol–water partition coefficient (Wildman–Crippen LogP) is 1.06. The van der Waals surface area contributed by atoms with E-state index in [1.807, 2.05) is 26.0 Å². The molecule has 1 unspecified atom stereocenters. The first-order chi connectivity index (χ1) is 5.72. The molecule has 0 aliphatic rings. The van der Waals surface area contributed by atoms with Gasteiger partial charge in [-0.3, -0.25) is 0 Å². The van der Waals surface area contributed by atoms with Gasteiger partial charge in [0, 0.05) is 6.04 Å². The smallest absolute Gasteiger partial charge is 0.117 e. The van der Waals surface area contributed by atoms with Gasteiger partial charge < -0.3 is 14.8 Å². The number of hydrogen-bond acceptors (Lipinski definition) is 3. The molecule has 0 saturated heterocycles. The maximum absolute atomic E-state index is 8.72. The van der Waals surface area contributed by atoms with Gasteiger partial charge in [-0.25, -0.2) is 0 Å². The summed E-state index contributed by atoms with van der Waals surface area (Å²) in [4.78, 5) is 0. The van der Waals surface area contributed by atoms with Crippen LogP contribution in [0.25, 0.3) is 0 Å². The zero-order valence-corrected chi connectivity index (χ0v) is 7.50. The van der Waals surface area contributed by atoms with Crippen molar-refractivity contribution in [3.63, 3.8) is 0 Å². The Bertz CT molecular complexity index is 232. The number of aryl methyl sites for hydroxylation is 1. The predicted molar refractivity (Wildman–Crippen MR) is 46.8 cm³/mol. The van der Waals surface area contributed by atoms with Crippen LogP contribution in [0.15, 0.2) is 16.5 Å². The number of hydrogen-bond donors (Lipinski definition) is 2. The molecule has 0 spiro atoms. The summed E-state index contributed by atoms with van der Waals surface area (Å²) in [5.74, 6) is 1.83. The van der Waals surface area contributed by atoms with E-state index in [-0.39, 0.29) is 12.6 Å². The van der Waals surface area contributed by atoms with Gasteiger partial charge in [0.25, 0.3) is 0 Å². The van der Waals surface area contributed by atoms with E-state index in [2.05, 4.69) is 5.32 Å². The first-order valence-corrected chi connectivity index (χ1v) is 4.12. The van der Waals surface area contributed by atoms with Gasteiger partial charge in [0.1, 0.15) is 11.5 Å². The van der Waals surface area contributed by atoms with Crippen molar-refractivity contribution >= 4 is 0 Å². The van der Waals surface area contributed by atoms with Crippen molar-refractivity contribution in [2.24, 2.45) is 0 Å². The van der Waals surface area contributed by atoms with Crippen LogP contribution in [-0.2, 0) is 6.54 Å². The molecule has 0 bridgehead atoms. The second-order valence-electron chi connectivity index (χ2n) is 2.98. The van der Waals surface area contributed by atoms with Crippen LogP contribution in [0.2, 0.25) is 0 Å². The lowest BCUT2D eigenvalue weighted by molar-refractivity contribution is 0.248. The molecule has 0 aromatic carbocycles. The highest BCUT2D eigenvalue weighted by molar-refractivity contribution is 5.05. The molecular weight excluding hydrogens is 154 g/mol. The normalized spacial score (nSPS) is 13.2. The Morgan fingerprint density at radius 1 is 1.58 bits per heavy atom. The molecule has 0 aliphatic carbocycles. The average molecular weight is 169 g/mol. The largest absolute Gasteiger partial charge is 0.465 e. The highest BCUT2D eigenvalue weighted by atomic mass is 16.3. The zero-order chi connectivity index (χ0) is 8.97. The van der Waals surface area contributed by atoms with Gasteiger partial charge in [-0.05, 0) is 26.0 Å². The van der Waals surface area contributed by atoms with Crippen molar-refractivity contribution in [1.29, 1.82) is 0 Å². The molecule has 1 heterocycles. The summed E-state index contributed by atoms with van der Waals surface area (Å²) in [5.41, 5.74) is 0. The summed E-state index contributed by atoms with van der Waals surface area (Å²) in [6.07, 6.45) is 0. The van der Waals surface area contributed by atoms with Crippen LogP contribution >= 0.6 is 0 Å². The third kappa shape index (κ3) is 2.68. The van der Waals surface area contributed by atoms with E-state index in [4.69, 9.17) is 9.52 Å². The van der Waals surface area contributed by atoms with Gasteiger partial charge >= 0.3 is 0 Å². The van der Waals surface area contributed by atoms with Gasteiger partial charge in [-0.15, -0.1) is 0 Å². The van der Waals surface area contributed by atoms with Gasteiger partial charge in [0.05, 0.1) is 13.2 Å². The van der Waals surface area contributed by atoms with Crippen LogP contribution in [0.4, 0.5) is 0 Å². The number of furan rings is 1. The van der Waals surface area contributed by atoms with E-state index in [1.165, 1.54) is 0 Å². The average Bonchev–Trinajstić information content (AvgIpc) is 2.47. The first kappa shape index (κ1) is 9.29. The summed E-state index contributed by atoms with van der Waals surface area (Å²) in [6, 6.07) is 3.99. The molecule has 2 N–H and O–H groups in total. The third-order valence-corrected chi connectivity index (χ3v) is 1.69. The Labute approximate surface area is 72.4 Å². The molecule has 0 radical (unpaired) electrons. The van der Waals surface area contributed by atoms with E-state index < -0.39 is 0 Å². The quantitative estimate of drug-likeness (QED) is 0.708. The first-order valence-electron chi connectivity index (χ1n) is 4.12. The molecule has 3 heteroatoms. The Hall–Kier alpha value is -0.800. The van der Waals surface area contributed by atoms with Crippen molar-refractivity contribution in [2.75, 3.05) is 6.61 Å². The van der Waals surface area contributed by atoms with Crippen molar-refractivity contribution < 1.29 is 9.52 Å². The Morgan fingerprint density at radius 3 is 2.83 bits per heavy atom. The fourth-order valence-electron chi connectivity index (χ4n) is 0.920. The molecule has 0 aliphatic heterocycles. The fraction of sp³-hybridized carbons (Fsp3) is 0.556. The Morgan fingerprint density at radius 2 is 2.33 bits per heavy atom. The van der Waals surface area contributed by atoms with Crippen molar-refractivity contribution in [1.82, 2.24) is 5.32 Å². The molecule has 1 aromatic rings. The number of aliphatic hydroxyl groups is 1. The molecule has 68 valence electrons. The highest BCUT2D eigenvalue weighted by Crippen LogP contribution is 2.05. The molecule has 1 atom stereocenters. The maximum atomic E-state index is 8.72. The summed E-state index contributed by atoms with van der Waals surface area (Å²) < 4.78 is 5.33. The lowest BCUT2D eigenvalue weighted by Gasteiger charge is -2.07. The minimum atomic E-state index is 0.121. The van der Waals surface area contributed by atoms with Crippen LogP contribution in [0.3, 0.4) is 0 Å². The number of nitrogens with one attached hydrogen (secondary N) is 1. The highest BCUT2D eigenvalue weighted by Gasteiger charge is 2.01. The summed E-state index contributed by atoms with van der Waals surface area (Å²) >= 11 is 0. The zero-order valence-electron chi connectivity index (χ0n) is 7.50. The van der Waals surface area contributed by atoms with Crippen molar-refractivity contribution in [3.05, 3.63) is 23.7 Å². The van der Waals surface area contributed by atoms with Gasteiger partial charge in [-0.2, -0.15) is 0 Å². The molecule has 3 nitrogen and oxygen atoms in total. The van der Waals surface area contributed by atoms with E-state index >= 15 is 0 Å². The van der Waals surface area contributed by atoms with Crippen molar-refractivity contribution in [3.8, 4) is 0 Å². The van der Waals surface area contributed by atoms with Crippen LogP contribution in [0.5, 0.6) is 0 Å². The van der Waals surface area contributed by atoms with E-state index in [9.17, 15) is 0 Å². The minimum Gasteiger partial charge on any atom is -0.465 e. The number of aliphatic hydroxyl groups excluding tert-OH is 1. The summed E-state index contributed by atoms with van der Waals surface area (Å²) in [5, 5.41) is 11.8. The molecular formula is C9H15NO2. The van der Waals surface area contributed by atoms with Gasteiger partial charge in [0.15, 0.2) is 0 Å². The Balaban J connectivity index is 2.33. The Kier molecular flexibility index (Phi) is 3.31. The molecule has 0 saturated carbocycles. The SMILES string of the molecule is Cc1ccc(CNC(C)CO)o1. The summed E-state index contributed by atoms with van der Waals surface area (Å²) in [6.45, 7) is 4.67. The van der Waals surface area contributed by atoms with E-state index in [1.54, 1.807) is 0 Å². The maximum Gasteiger partial charge on any atom is 0.117 e. The molecule has 0 amide bonds. The lowest BCUT2D eigenvalue weighted by Crippen LogP contribution is -2.28. The minimum absolute atomic E-state index is 0.121. The lowest BCUT2D eigenvalue weighted by atomic mass is 10.3. The second kappa shape index (κ2) is 4.28.